The van der Waals surface area contributed by atoms with Crippen LogP contribution in [0.1, 0.15) is 16.2 Å². The monoisotopic (exact) mass is 303 g/mol. The maximum Gasteiger partial charge on any atom is 0.267 e. The number of benzene rings is 2. The molecule has 1 heterocycles. The Hall–Kier alpha value is -3.39. The summed E-state index contributed by atoms with van der Waals surface area (Å²) in [5.41, 5.74) is 7.16. The summed E-state index contributed by atoms with van der Waals surface area (Å²) in [4.78, 5) is 15.9. The van der Waals surface area contributed by atoms with E-state index >= 15 is 0 Å². The summed E-state index contributed by atoms with van der Waals surface area (Å²) in [6, 6.07) is 16.7. The van der Waals surface area contributed by atoms with E-state index in [2.05, 4.69) is 11.1 Å². The lowest BCUT2D eigenvalue weighted by atomic mass is 9.95. The van der Waals surface area contributed by atoms with Crippen LogP contribution in [0, 0.1) is 11.3 Å². The van der Waals surface area contributed by atoms with Gasteiger partial charge in [0, 0.05) is 10.9 Å². The first-order valence-corrected chi connectivity index (χ1v) is 6.92. The van der Waals surface area contributed by atoms with E-state index in [4.69, 9.17) is 10.5 Å². The number of methoxy groups -OCH3 is 1. The van der Waals surface area contributed by atoms with E-state index in [0.717, 1.165) is 5.56 Å². The van der Waals surface area contributed by atoms with Gasteiger partial charge in [0.25, 0.3) is 5.91 Å². The number of hydrogen-bond acceptors (Lipinski definition) is 4. The Morgan fingerprint density at radius 3 is 2.52 bits per heavy atom. The molecule has 2 N–H and O–H groups in total. The van der Waals surface area contributed by atoms with Crippen LogP contribution in [-0.2, 0) is 0 Å². The second kappa shape index (κ2) is 5.78. The Labute approximate surface area is 132 Å². The van der Waals surface area contributed by atoms with Gasteiger partial charge in [0.05, 0.1) is 7.11 Å². The number of pyridine rings is 1. The highest BCUT2D eigenvalue weighted by molar-refractivity contribution is 6.10. The van der Waals surface area contributed by atoms with Crippen LogP contribution in [0.25, 0.3) is 21.9 Å². The van der Waals surface area contributed by atoms with Crippen molar-refractivity contribution in [2.45, 2.75) is 0 Å². The molecule has 0 fully saturated rings. The first-order valence-electron chi connectivity index (χ1n) is 6.92. The third-order valence-corrected chi connectivity index (χ3v) is 3.61. The molecule has 0 bridgehead atoms. The van der Waals surface area contributed by atoms with Crippen molar-refractivity contribution in [2.75, 3.05) is 7.11 Å². The number of fused-ring (bicyclic) bond motifs is 1. The molecule has 5 nitrogen and oxygen atoms in total. The predicted octanol–water partition coefficient (Wildman–Crippen LogP) is 2.88. The van der Waals surface area contributed by atoms with E-state index in [1.165, 1.54) is 0 Å². The van der Waals surface area contributed by atoms with E-state index < -0.39 is 5.91 Å². The number of ether oxygens (including phenoxy) is 1. The van der Waals surface area contributed by atoms with Crippen LogP contribution in [-0.4, -0.2) is 18.0 Å². The van der Waals surface area contributed by atoms with Gasteiger partial charge in [-0.3, -0.25) is 4.79 Å². The second-order valence-corrected chi connectivity index (χ2v) is 4.94. The molecule has 1 amide bonds. The highest BCUT2D eigenvalue weighted by atomic mass is 16.5. The Bertz CT molecular complexity index is 944. The summed E-state index contributed by atoms with van der Waals surface area (Å²) < 4.78 is 5.27. The molecule has 5 heteroatoms. The number of aromatic nitrogens is 1. The molecule has 0 saturated heterocycles. The van der Waals surface area contributed by atoms with Crippen LogP contribution in [0.3, 0.4) is 0 Å². The van der Waals surface area contributed by atoms with Crippen molar-refractivity contribution in [3.05, 3.63) is 59.9 Å². The van der Waals surface area contributed by atoms with E-state index in [9.17, 15) is 10.1 Å². The summed E-state index contributed by atoms with van der Waals surface area (Å²) >= 11 is 0. The van der Waals surface area contributed by atoms with Crippen molar-refractivity contribution in [3.63, 3.8) is 0 Å². The zero-order chi connectivity index (χ0) is 16.4. The summed E-state index contributed by atoms with van der Waals surface area (Å²) in [5.74, 6) is -0.0449. The van der Waals surface area contributed by atoms with Gasteiger partial charge in [-0.05, 0) is 29.1 Å². The van der Waals surface area contributed by atoms with Crippen LogP contribution in [0.15, 0.2) is 48.5 Å². The first-order chi connectivity index (χ1) is 11.2. The van der Waals surface area contributed by atoms with Gasteiger partial charge in [-0.2, -0.15) is 5.26 Å². The van der Waals surface area contributed by atoms with Crippen molar-refractivity contribution in [1.29, 1.82) is 5.26 Å². The molecular weight excluding hydrogens is 290 g/mol. The van der Waals surface area contributed by atoms with Crippen LogP contribution in [0.5, 0.6) is 5.75 Å². The highest BCUT2D eigenvalue weighted by Crippen LogP contribution is 2.34. The number of hydrogen-bond donors (Lipinski definition) is 1. The van der Waals surface area contributed by atoms with Crippen molar-refractivity contribution in [2.24, 2.45) is 5.73 Å². The quantitative estimate of drug-likeness (QED) is 0.805. The third kappa shape index (κ3) is 2.47. The van der Waals surface area contributed by atoms with Gasteiger partial charge in [-0.15, -0.1) is 0 Å². The van der Waals surface area contributed by atoms with Crippen LogP contribution < -0.4 is 10.5 Å². The molecule has 2 aromatic carbocycles. The molecule has 1 aromatic heterocycles. The fraction of sp³-hybridized carbons (Fsp3) is 0.0556. The van der Waals surface area contributed by atoms with Gasteiger partial charge in [0.2, 0.25) is 0 Å². The van der Waals surface area contributed by atoms with Crippen molar-refractivity contribution in [3.8, 4) is 22.9 Å². The summed E-state index contributed by atoms with van der Waals surface area (Å²) in [7, 11) is 1.56. The molecule has 0 radical (unpaired) electrons. The minimum Gasteiger partial charge on any atom is -0.497 e. The van der Waals surface area contributed by atoms with Gasteiger partial charge >= 0.3 is 0 Å². The summed E-state index contributed by atoms with van der Waals surface area (Å²) in [6.45, 7) is 0. The van der Waals surface area contributed by atoms with Gasteiger partial charge in [-0.1, -0.05) is 30.3 Å². The number of carbonyl (C=O) groups excluding carboxylic acids is 1. The molecule has 23 heavy (non-hydrogen) atoms. The SMILES string of the molecule is COc1ccc2c(C(N)=O)nc(C#N)c(-c3ccccc3)c2c1. The smallest absolute Gasteiger partial charge is 0.267 e. The number of rotatable bonds is 3. The lowest BCUT2D eigenvalue weighted by Crippen LogP contribution is -2.15. The van der Waals surface area contributed by atoms with Crippen LogP contribution >= 0.6 is 0 Å². The molecule has 0 spiro atoms. The zero-order valence-corrected chi connectivity index (χ0v) is 12.4. The predicted molar refractivity (Wildman–Crippen MR) is 87.0 cm³/mol. The Morgan fingerprint density at radius 2 is 1.91 bits per heavy atom. The Kier molecular flexibility index (Phi) is 3.65. The van der Waals surface area contributed by atoms with Gasteiger partial charge in [0.15, 0.2) is 0 Å². The van der Waals surface area contributed by atoms with Crippen LogP contribution in [0.2, 0.25) is 0 Å². The number of nitrogens with zero attached hydrogens (tertiary/aromatic N) is 2. The number of amides is 1. The minimum atomic E-state index is -0.670. The highest BCUT2D eigenvalue weighted by Gasteiger charge is 2.18. The molecule has 0 unspecified atom stereocenters. The second-order valence-electron chi connectivity index (χ2n) is 4.94. The molecule has 0 aliphatic heterocycles. The fourth-order valence-corrected chi connectivity index (χ4v) is 2.58. The molecule has 0 aliphatic rings. The summed E-state index contributed by atoms with van der Waals surface area (Å²) in [6.07, 6.45) is 0. The molecule has 0 saturated carbocycles. The third-order valence-electron chi connectivity index (χ3n) is 3.61. The average Bonchev–Trinajstić information content (AvgIpc) is 2.60. The van der Waals surface area contributed by atoms with E-state index in [-0.39, 0.29) is 11.4 Å². The normalized spacial score (nSPS) is 10.3. The lowest BCUT2D eigenvalue weighted by Gasteiger charge is -2.12. The van der Waals surface area contributed by atoms with E-state index in [1.54, 1.807) is 25.3 Å². The number of nitriles is 1. The maximum atomic E-state index is 11.7. The van der Waals surface area contributed by atoms with Gasteiger partial charge in [-0.25, -0.2) is 4.98 Å². The van der Waals surface area contributed by atoms with Gasteiger partial charge < -0.3 is 10.5 Å². The summed E-state index contributed by atoms with van der Waals surface area (Å²) in [5, 5.41) is 10.8. The number of carbonyl (C=O) groups is 1. The molecular formula is C18H13N3O2. The van der Waals surface area contributed by atoms with Gasteiger partial charge in [0.1, 0.15) is 23.2 Å². The average molecular weight is 303 g/mol. The largest absolute Gasteiger partial charge is 0.497 e. The fourth-order valence-electron chi connectivity index (χ4n) is 2.58. The zero-order valence-electron chi connectivity index (χ0n) is 12.4. The van der Waals surface area contributed by atoms with Crippen LogP contribution in [0.4, 0.5) is 0 Å². The van der Waals surface area contributed by atoms with Crippen molar-refractivity contribution < 1.29 is 9.53 Å². The molecule has 0 atom stereocenters. The molecule has 0 aliphatic carbocycles. The number of nitrogens with two attached hydrogens (primary N) is 1. The standard InChI is InChI=1S/C18H13N3O2/c1-23-12-7-8-13-14(9-12)16(11-5-3-2-4-6-11)15(10-19)21-17(13)18(20)22/h2-9H,1H3,(H2,20,22). The Balaban J connectivity index is 2.49. The molecule has 112 valence electrons. The van der Waals surface area contributed by atoms with E-state index in [1.807, 2.05) is 30.3 Å². The first kappa shape index (κ1) is 14.5. The number of primary amides is 1. The van der Waals surface area contributed by atoms with E-state index in [0.29, 0.717) is 22.1 Å². The molecule has 3 rings (SSSR count). The lowest BCUT2D eigenvalue weighted by molar-refractivity contribution is 0.0997. The topological polar surface area (TPSA) is 89.0 Å². The maximum absolute atomic E-state index is 11.7. The minimum absolute atomic E-state index is 0.0823. The Morgan fingerprint density at radius 1 is 1.17 bits per heavy atom. The van der Waals surface area contributed by atoms with Crippen molar-refractivity contribution >= 4 is 16.7 Å². The molecule has 3 aromatic rings. The van der Waals surface area contributed by atoms with Crippen molar-refractivity contribution in [1.82, 2.24) is 4.98 Å².